The van der Waals surface area contributed by atoms with Gasteiger partial charge in [-0.15, -0.1) is 0 Å². The molecule has 0 unspecified atom stereocenters. The van der Waals surface area contributed by atoms with E-state index >= 15 is 0 Å². The van der Waals surface area contributed by atoms with Crippen LogP contribution in [0.25, 0.3) is 17.1 Å². The maximum atomic E-state index is 13.9. The first-order chi connectivity index (χ1) is 20.0. The molecule has 5 rings (SSSR count). The summed E-state index contributed by atoms with van der Waals surface area (Å²) in [6.45, 7) is 3.94. The summed E-state index contributed by atoms with van der Waals surface area (Å²) in [5.74, 6) is -0.912. The number of imidazole rings is 1. The Morgan fingerprint density at radius 2 is 1.98 bits per heavy atom. The molecule has 1 aromatic carbocycles. The van der Waals surface area contributed by atoms with Crippen molar-refractivity contribution < 1.29 is 22.8 Å². The van der Waals surface area contributed by atoms with Gasteiger partial charge in [-0.05, 0) is 36.8 Å². The van der Waals surface area contributed by atoms with Gasteiger partial charge in [0.05, 0.1) is 39.9 Å². The van der Waals surface area contributed by atoms with Crippen LogP contribution in [0.3, 0.4) is 0 Å². The van der Waals surface area contributed by atoms with Crippen LogP contribution >= 0.6 is 11.6 Å². The van der Waals surface area contributed by atoms with E-state index < -0.39 is 17.8 Å². The van der Waals surface area contributed by atoms with Crippen molar-refractivity contribution in [3.05, 3.63) is 71.0 Å². The maximum absolute atomic E-state index is 13.9. The summed E-state index contributed by atoms with van der Waals surface area (Å²) in [5.41, 5.74) is 5.12. The highest BCUT2D eigenvalue weighted by Crippen LogP contribution is 2.37. The van der Waals surface area contributed by atoms with Gasteiger partial charge in [0.15, 0.2) is 17.3 Å². The number of anilines is 2. The molecule has 0 bridgehead atoms. The number of halogens is 4. The van der Waals surface area contributed by atoms with E-state index in [1.807, 2.05) is 6.92 Å². The van der Waals surface area contributed by atoms with Crippen LogP contribution in [0.5, 0.6) is 0 Å². The monoisotopic (exact) mass is 601 g/mol. The molecule has 1 fully saturated rings. The third-order valence-electron chi connectivity index (χ3n) is 7.00. The molecule has 0 spiro atoms. The van der Waals surface area contributed by atoms with Crippen LogP contribution in [0.1, 0.15) is 40.0 Å². The quantitative estimate of drug-likeness (QED) is 0.304. The molecule has 4 heterocycles. The Hall–Kier alpha value is -4.43. The molecule has 0 radical (unpaired) electrons. The first kappa shape index (κ1) is 29.1. The Balaban J connectivity index is 1.38. The number of amides is 2. The number of piperazine rings is 1. The predicted molar refractivity (Wildman–Crippen MR) is 150 cm³/mol. The number of hydrogen-bond donors (Lipinski definition) is 3. The van der Waals surface area contributed by atoms with Gasteiger partial charge >= 0.3 is 6.18 Å². The number of rotatable bonds is 6. The number of pyridine rings is 1. The summed E-state index contributed by atoms with van der Waals surface area (Å²) in [4.78, 5) is 36.1. The molecular weight excluding hydrogens is 575 g/mol. The van der Waals surface area contributed by atoms with Gasteiger partial charge in [-0.3, -0.25) is 9.59 Å². The Bertz CT molecular complexity index is 1630. The fourth-order valence-corrected chi connectivity index (χ4v) is 5.05. The van der Waals surface area contributed by atoms with Crippen LogP contribution in [0.4, 0.5) is 24.5 Å². The van der Waals surface area contributed by atoms with Crippen molar-refractivity contribution >= 4 is 34.8 Å². The van der Waals surface area contributed by atoms with Crippen LogP contribution < -0.4 is 16.4 Å². The molecule has 1 saturated heterocycles. The van der Waals surface area contributed by atoms with Crippen molar-refractivity contribution in [2.24, 2.45) is 7.05 Å². The fourth-order valence-electron chi connectivity index (χ4n) is 4.79. The van der Waals surface area contributed by atoms with Crippen molar-refractivity contribution in [2.45, 2.75) is 25.6 Å². The molecule has 42 heavy (non-hydrogen) atoms. The highest BCUT2D eigenvalue weighted by atomic mass is 35.5. The Morgan fingerprint density at radius 3 is 2.64 bits per heavy atom. The Kier molecular flexibility index (Phi) is 7.93. The van der Waals surface area contributed by atoms with Gasteiger partial charge < -0.3 is 25.8 Å². The zero-order chi connectivity index (χ0) is 30.2. The van der Waals surface area contributed by atoms with Gasteiger partial charge in [0, 0.05) is 44.6 Å². The van der Waals surface area contributed by atoms with E-state index in [4.69, 9.17) is 17.3 Å². The minimum Gasteiger partial charge on any atom is -0.397 e. The minimum atomic E-state index is -4.79. The summed E-state index contributed by atoms with van der Waals surface area (Å²) >= 11 is 6.44. The SMILES string of the molecule is CC[C@H]1CNCCN1C(=O)c1ccc(NC(=O)c2ncc(-c3cn(-c4ccc(N)cn4)nc3C(F)(F)F)n2C)cc1Cl. The number of benzene rings is 1. The van der Waals surface area contributed by atoms with Crippen LogP contribution in [-0.2, 0) is 13.2 Å². The van der Waals surface area contributed by atoms with E-state index in [1.165, 1.54) is 48.1 Å². The maximum Gasteiger partial charge on any atom is 0.435 e. The summed E-state index contributed by atoms with van der Waals surface area (Å²) in [5, 5.41) is 9.77. The second-order valence-electron chi connectivity index (χ2n) is 9.72. The molecule has 3 aromatic heterocycles. The third kappa shape index (κ3) is 5.67. The van der Waals surface area contributed by atoms with Crippen LogP contribution in [0, 0.1) is 0 Å². The number of aromatic nitrogens is 5. The van der Waals surface area contributed by atoms with E-state index in [-0.39, 0.29) is 45.6 Å². The first-order valence-corrected chi connectivity index (χ1v) is 13.4. The zero-order valence-corrected chi connectivity index (χ0v) is 23.4. The minimum absolute atomic E-state index is 0.00893. The van der Waals surface area contributed by atoms with E-state index in [2.05, 4.69) is 25.7 Å². The second-order valence-corrected chi connectivity index (χ2v) is 10.1. The van der Waals surface area contributed by atoms with E-state index in [1.54, 1.807) is 4.90 Å². The highest BCUT2D eigenvalue weighted by molar-refractivity contribution is 6.34. The molecule has 220 valence electrons. The van der Waals surface area contributed by atoms with Crippen LogP contribution in [0.2, 0.25) is 5.02 Å². The lowest BCUT2D eigenvalue weighted by Gasteiger charge is -2.36. The third-order valence-corrected chi connectivity index (χ3v) is 7.31. The number of nitrogens with two attached hydrogens (primary N) is 1. The smallest absolute Gasteiger partial charge is 0.397 e. The Labute approximate surface area is 243 Å². The molecular formula is C27H27ClF3N9O2. The standard InChI is InChI=1S/C27H27ClF3N9O2/c1-3-17-12-33-8-9-39(17)26(42)18-6-5-16(10-20(18)28)36-25(41)24-35-13-21(38(24)2)19-14-40(37-23(19)27(29,30)31)22-7-4-15(32)11-34-22/h4-7,10-11,13-14,17,33H,3,8-9,12,32H2,1-2H3,(H,36,41)/t17-/m0/s1. The van der Waals surface area contributed by atoms with Gasteiger partial charge in [-0.1, -0.05) is 18.5 Å². The molecule has 1 aliphatic heterocycles. The van der Waals surface area contributed by atoms with Crippen molar-refractivity contribution in [3.8, 4) is 17.1 Å². The largest absolute Gasteiger partial charge is 0.435 e. The molecule has 1 aliphatic rings. The van der Waals surface area contributed by atoms with E-state index in [0.717, 1.165) is 23.5 Å². The molecule has 0 aliphatic carbocycles. The molecule has 4 aromatic rings. The van der Waals surface area contributed by atoms with E-state index in [0.29, 0.717) is 30.9 Å². The number of nitrogens with zero attached hydrogens (tertiary/aromatic N) is 6. The summed E-state index contributed by atoms with van der Waals surface area (Å²) in [7, 11) is 1.42. The molecule has 11 nitrogen and oxygen atoms in total. The highest BCUT2D eigenvalue weighted by Gasteiger charge is 2.39. The van der Waals surface area contributed by atoms with Crippen molar-refractivity contribution in [2.75, 3.05) is 30.7 Å². The first-order valence-electron chi connectivity index (χ1n) is 13.0. The fraction of sp³-hybridized carbons (Fsp3) is 0.296. The lowest BCUT2D eigenvalue weighted by molar-refractivity contribution is -0.140. The second kappa shape index (κ2) is 11.4. The van der Waals surface area contributed by atoms with Crippen molar-refractivity contribution in [3.63, 3.8) is 0 Å². The molecule has 15 heteroatoms. The average Bonchev–Trinajstić information content (AvgIpc) is 3.57. The number of carbonyl (C=O) groups is 2. The lowest BCUT2D eigenvalue weighted by Crippen LogP contribution is -2.53. The molecule has 4 N–H and O–H groups in total. The summed E-state index contributed by atoms with van der Waals surface area (Å²) in [6, 6.07) is 7.50. The van der Waals surface area contributed by atoms with Gasteiger partial charge in [0.25, 0.3) is 11.8 Å². The topological polar surface area (TPSA) is 136 Å². The summed E-state index contributed by atoms with van der Waals surface area (Å²) < 4.78 is 44.0. The summed E-state index contributed by atoms with van der Waals surface area (Å²) in [6.07, 6.45) is -0.373. The van der Waals surface area contributed by atoms with Crippen LogP contribution in [-0.4, -0.2) is 66.7 Å². The number of carbonyl (C=O) groups excluding carboxylic acids is 2. The Morgan fingerprint density at radius 1 is 1.19 bits per heavy atom. The molecule has 2 amide bonds. The lowest BCUT2D eigenvalue weighted by atomic mass is 10.1. The number of nitrogen functional groups attached to an aromatic ring is 1. The van der Waals surface area contributed by atoms with Gasteiger partial charge in [-0.25, -0.2) is 14.6 Å². The zero-order valence-electron chi connectivity index (χ0n) is 22.6. The number of hydrogen-bond acceptors (Lipinski definition) is 7. The van der Waals surface area contributed by atoms with Gasteiger partial charge in [0.2, 0.25) is 0 Å². The average molecular weight is 602 g/mol. The van der Waals surface area contributed by atoms with E-state index in [9.17, 15) is 22.8 Å². The normalized spacial score (nSPS) is 15.6. The van der Waals surface area contributed by atoms with Gasteiger partial charge in [-0.2, -0.15) is 18.3 Å². The molecule has 0 saturated carbocycles. The van der Waals surface area contributed by atoms with Crippen molar-refractivity contribution in [1.29, 1.82) is 0 Å². The van der Waals surface area contributed by atoms with Gasteiger partial charge in [0.1, 0.15) is 0 Å². The predicted octanol–water partition coefficient (Wildman–Crippen LogP) is 4.00. The number of nitrogens with one attached hydrogen (secondary N) is 2. The molecule has 1 atom stereocenters. The number of alkyl halides is 3. The van der Waals surface area contributed by atoms with Crippen molar-refractivity contribution in [1.82, 2.24) is 34.5 Å². The van der Waals surface area contributed by atoms with Crippen LogP contribution in [0.15, 0.2) is 48.9 Å².